The summed E-state index contributed by atoms with van der Waals surface area (Å²) in [6.07, 6.45) is 4.61. The van der Waals surface area contributed by atoms with Crippen LogP contribution in [0.3, 0.4) is 0 Å². The maximum Gasteiger partial charge on any atom is 0.157 e. The van der Waals surface area contributed by atoms with Crippen LogP contribution in [0.5, 0.6) is 0 Å². The number of imidazole rings is 1. The number of nitrogens with zero attached hydrogens (tertiary/aromatic N) is 5. The first-order valence-electron chi connectivity index (χ1n) is 10.5. The number of hydrogen-bond donors (Lipinski definition) is 4. The van der Waals surface area contributed by atoms with E-state index in [1.165, 1.54) is 23.7 Å². The molecule has 5 N–H and O–H groups in total. The van der Waals surface area contributed by atoms with Crippen molar-refractivity contribution in [2.24, 2.45) is 0 Å². The number of H-pyrrole nitrogens is 1. The molecule has 9 nitrogen and oxygen atoms in total. The van der Waals surface area contributed by atoms with E-state index < -0.39 is 0 Å². The van der Waals surface area contributed by atoms with Crippen LogP contribution in [0.25, 0.3) is 21.4 Å². The van der Waals surface area contributed by atoms with Gasteiger partial charge in [0.05, 0.1) is 28.3 Å². The third-order valence-electron chi connectivity index (χ3n) is 5.11. The largest absolute Gasteiger partial charge is 0.399 e. The van der Waals surface area contributed by atoms with E-state index in [0.717, 1.165) is 58.3 Å². The molecule has 0 bridgehead atoms. The average Bonchev–Trinajstić information content (AvgIpc) is 3.41. The van der Waals surface area contributed by atoms with Gasteiger partial charge >= 0.3 is 0 Å². The number of hydrogen-bond acceptors (Lipinski definition) is 9. The lowest BCUT2D eigenvalue weighted by molar-refractivity contribution is 0.602. The number of pyridine rings is 1. The summed E-state index contributed by atoms with van der Waals surface area (Å²) in [4.78, 5) is 26.0. The normalized spacial score (nSPS) is 11.4. The molecular formula is C22H22FN9S. The van der Waals surface area contributed by atoms with Crippen molar-refractivity contribution in [1.29, 1.82) is 0 Å². The van der Waals surface area contributed by atoms with E-state index in [-0.39, 0.29) is 12.4 Å². The zero-order valence-electron chi connectivity index (χ0n) is 17.7. The van der Waals surface area contributed by atoms with Gasteiger partial charge in [-0.3, -0.25) is 4.98 Å². The highest BCUT2D eigenvalue weighted by Gasteiger charge is 2.12. The molecule has 11 heteroatoms. The number of fused-ring (bicyclic) bond motifs is 2. The Morgan fingerprint density at radius 1 is 1.06 bits per heavy atom. The van der Waals surface area contributed by atoms with E-state index in [1.54, 1.807) is 12.3 Å². The molecule has 0 aliphatic heterocycles. The van der Waals surface area contributed by atoms with Gasteiger partial charge in [0.15, 0.2) is 5.82 Å². The van der Waals surface area contributed by atoms with E-state index in [2.05, 4.69) is 40.5 Å². The van der Waals surface area contributed by atoms with Gasteiger partial charge in [-0.05, 0) is 30.3 Å². The summed E-state index contributed by atoms with van der Waals surface area (Å²) >= 11 is 1.53. The van der Waals surface area contributed by atoms with Gasteiger partial charge in [-0.2, -0.15) is 0 Å². The lowest BCUT2D eigenvalue weighted by atomic mass is 10.3. The molecule has 0 amide bonds. The summed E-state index contributed by atoms with van der Waals surface area (Å²) in [5.41, 5.74) is 9.44. The molecule has 0 aliphatic rings. The quantitative estimate of drug-likeness (QED) is 0.194. The Labute approximate surface area is 192 Å². The fourth-order valence-electron chi connectivity index (χ4n) is 3.47. The van der Waals surface area contributed by atoms with Crippen molar-refractivity contribution in [1.82, 2.24) is 35.2 Å². The number of nitrogens with one attached hydrogen (secondary N) is 3. The monoisotopic (exact) mass is 463 g/mol. The third kappa shape index (κ3) is 4.89. The summed E-state index contributed by atoms with van der Waals surface area (Å²) in [5.74, 6) is 1.15. The van der Waals surface area contributed by atoms with Crippen molar-refractivity contribution >= 4 is 44.2 Å². The highest BCUT2D eigenvalue weighted by Crippen LogP contribution is 2.25. The molecule has 0 unspecified atom stereocenters. The minimum atomic E-state index is -0.355. The molecular weight excluding hydrogens is 441 g/mol. The first-order valence-corrected chi connectivity index (χ1v) is 11.4. The summed E-state index contributed by atoms with van der Waals surface area (Å²) in [7, 11) is 0. The maximum absolute atomic E-state index is 13.8. The molecule has 1 aromatic carbocycles. The molecule has 0 radical (unpaired) electrons. The summed E-state index contributed by atoms with van der Waals surface area (Å²) in [6.45, 7) is 1.80. The van der Waals surface area contributed by atoms with Crippen LogP contribution in [-0.2, 0) is 19.4 Å². The van der Waals surface area contributed by atoms with Gasteiger partial charge in [0, 0.05) is 37.8 Å². The Balaban J connectivity index is 1.15. The highest BCUT2D eigenvalue weighted by atomic mass is 32.1. The van der Waals surface area contributed by atoms with Crippen molar-refractivity contribution in [3.8, 4) is 0 Å². The average molecular weight is 464 g/mol. The Morgan fingerprint density at radius 3 is 2.88 bits per heavy atom. The van der Waals surface area contributed by atoms with E-state index in [0.29, 0.717) is 17.0 Å². The van der Waals surface area contributed by atoms with Crippen LogP contribution >= 0.6 is 11.3 Å². The van der Waals surface area contributed by atoms with Crippen molar-refractivity contribution in [2.75, 3.05) is 24.1 Å². The molecule has 0 atom stereocenters. The predicted molar refractivity (Wildman–Crippen MR) is 128 cm³/mol. The molecule has 0 aliphatic carbocycles. The van der Waals surface area contributed by atoms with Crippen LogP contribution in [0.1, 0.15) is 16.5 Å². The molecule has 0 spiro atoms. The molecule has 5 rings (SSSR count). The van der Waals surface area contributed by atoms with Gasteiger partial charge < -0.3 is 21.4 Å². The molecule has 0 fully saturated rings. The third-order valence-corrected chi connectivity index (χ3v) is 6.13. The molecule has 0 saturated heterocycles. The van der Waals surface area contributed by atoms with Crippen molar-refractivity contribution < 1.29 is 4.39 Å². The van der Waals surface area contributed by atoms with Crippen LogP contribution < -0.4 is 16.4 Å². The highest BCUT2D eigenvalue weighted by molar-refractivity contribution is 7.18. The smallest absolute Gasteiger partial charge is 0.157 e. The Morgan fingerprint density at radius 2 is 1.97 bits per heavy atom. The van der Waals surface area contributed by atoms with Crippen LogP contribution in [-0.4, -0.2) is 43.0 Å². The molecule has 33 heavy (non-hydrogen) atoms. The number of thiazole rings is 1. The number of nitrogens with two attached hydrogens (primary N) is 1. The number of halogens is 1. The first kappa shape index (κ1) is 21.2. The minimum Gasteiger partial charge on any atom is -0.399 e. The van der Waals surface area contributed by atoms with Gasteiger partial charge in [-0.25, -0.2) is 24.3 Å². The second-order valence-electron chi connectivity index (χ2n) is 7.48. The zero-order valence-corrected chi connectivity index (χ0v) is 18.5. The van der Waals surface area contributed by atoms with Gasteiger partial charge in [-0.1, -0.05) is 11.3 Å². The van der Waals surface area contributed by atoms with Crippen LogP contribution in [0.15, 0.2) is 42.9 Å². The fourth-order valence-corrected chi connectivity index (χ4v) is 4.38. The number of rotatable bonds is 9. The van der Waals surface area contributed by atoms with Crippen molar-refractivity contribution in [3.05, 3.63) is 65.2 Å². The second-order valence-corrected chi connectivity index (χ2v) is 8.54. The van der Waals surface area contributed by atoms with Crippen LogP contribution in [0.4, 0.5) is 15.9 Å². The Bertz CT molecular complexity index is 1400. The van der Waals surface area contributed by atoms with E-state index in [9.17, 15) is 4.39 Å². The number of benzene rings is 1. The standard InChI is InChI=1S/C22H22FN9S/c23-14-2-1-7-26-17(14)11-27-21-20-22(29-12-28-21)33-19(32-20)6-9-25-8-5-18-30-15-4-3-13(24)10-16(15)31-18/h1-4,7,10,12,25H,5-6,8-9,11,24H2,(H,30,31)(H,27,28,29). The number of anilines is 2. The van der Waals surface area contributed by atoms with Gasteiger partial charge in [0.25, 0.3) is 0 Å². The van der Waals surface area contributed by atoms with Crippen molar-refractivity contribution in [2.45, 2.75) is 19.4 Å². The summed E-state index contributed by atoms with van der Waals surface area (Å²) < 4.78 is 13.8. The molecule has 4 heterocycles. The number of aromatic amines is 1. The molecule has 0 saturated carbocycles. The molecule has 168 valence electrons. The predicted octanol–water partition coefficient (Wildman–Crippen LogP) is 3.07. The van der Waals surface area contributed by atoms with E-state index in [4.69, 9.17) is 5.73 Å². The van der Waals surface area contributed by atoms with E-state index >= 15 is 0 Å². The first-order chi connectivity index (χ1) is 16.2. The van der Waals surface area contributed by atoms with Crippen LogP contribution in [0, 0.1) is 5.82 Å². The summed E-state index contributed by atoms with van der Waals surface area (Å²) in [5, 5.41) is 7.52. The number of nitrogen functional groups attached to an aromatic ring is 1. The Kier molecular flexibility index (Phi) is 6.05. The van der Waals surface area contributed by atoms with Crippen LogP contribution in [0.2, 0.25) is 0 Å². The SMILES string of the molecule is Nc1ccc2nc(CCNCCc3nc4c(NCc5ncccc5F)ncnc4s3)[nH]c2c1. The van der Waals surface area contributed by atoms with E-state index in [1.807, 2.05) is 18.2 Å². The maximum atomic E-state index is 13.8. The zero-order chi connectivity index (χ0) is 22.6. The number of aromatic nitrogens is 6. The van der Waals surface area contributed by atoms with Gasteiger partial charge in [0.1, 0.15) is 28.3 Å². The van der Waals surface area contributed by atoms with Gasteiger partial charge in [-0.15, -0.1) is 0 Å². The second kappa shape index (κ2) is 9.43. The minimum absolute atomic E-state index is 0.224. The van der Waals surface area contributed by atoms with Gasteiger partial charge in [0.2, 0.25) is 0 Å². The Hall–Kier alpha value is -3.70. The lowest BCUT2D eigenvalue weighted by Gasteiger charge is -2.05. The topological polar surface area (TPSA) is 130 Å². The summed E-state index contributed by atoms with van der Waals surface area (Å²) in [6, 6.07) is 8.62. The molecule has 5 aromatic rings. The fraction of sp³-hybridized carbons (Fsp3) is 0.227. The molecule has 4 aromatic heterocycles. The van der Waals surface area contributed by atoms with Crippen molar-refractivity contribution in [3.63, 3.8) is 0 Å². The lowest BCUT2D eigenvalue weighted by Crippen LogP contribution is -2.20.